The first-order chi connectivity index (χ1) is 6.13. The molecule has 0 radical (unpaired) electrons. The molecule has 0 unspecified atom stereocenters. The largest absolute Gasteiger partial charge is 0.366 e. The van der Waals surface area contributed by atoms with Crippen LogP contribution in [0.5, 0.6) is 0 Å². The molecule has 1 fully saturated rings. The van der Waals surface area contributed by atoms with Crippen molar-refractivity contribution in [3.05, 3.63) is 0 Å². The van der Waals surface area contributed by atoms with Crippen LogP contribution >= 0.6 is 12.4 Å². The minimum absolute atomic E-state index is 0. The van der Waals surface area contributed by atoms with E-state index in [2.05, 4.69) is 5.32 Å². The minimum atomic E-state index is -0.291. The average Bonchev–Trinajstić information content (AvgIpc) is 2.17. The molecule has 14 heavy (non-hydrogen) atoms. The summed E-state index contributed by atoms with van der Waals surface area (Å²) in [5, 5.41) is 3.14. The number of carbonyl (C=O) groups excluding carboxylic acids is 1. The normalized spacial score (nSPS) is 21.6. The lowest BCUT2D eigenvalue weighted by atomic mass is 10.2. The van der Waals surface area contributed by atoms with Crippen molar-refractivity contribution in [1.29, 1.82) is 0 Å². The van der Waals surface area contributed by atoms with Crippen molar-refractivity contribution in [2.75, 3.05) is 26.7 Å². The molecule has 1 N–H and O–H groups in total. The van der Waals surface area contributed by atoms with Crippen molar-refractivity contribution in [3.8, 4) is 0 Å². The first kappa shape index (κ1) is 13.7. The van der Waals surface area contributed by atoms with Crippen molar-refractivity contribution in [1.82, 2.24) is 10.2 Å². The van der Waals surface area contributed by atoms with Gasteiger partial charge in [-0.05, 0) is 13.8 Å². The van der Waals surface area contributed by atoms with Crippen LogP contribution in [0.2, 0.25) is 0 Å². The molecule has 1 saturated heterocycles. The summed E-state index contributed by atoms with van der Waals surface area (Å²) in [5.41, 5.74) is 0. The zero-order valence-electron chi connectivity index (χ0n) is 8.95. The molecular formula is C9H19ClN2O2. The van der Waals surface area contributed by atoms with Crippen LogP contribution in [-0.4, -0.2) is 49.7 Å². The van der Waals surface area contributed by atoms with Gasteiger partial charge in [-0.15, -0.1) is 12.4 Å². The molecule has 1 aliphatic rings. The standard InChI is InChI=1S/C9H18N2O2.ClH/c1-7(2)11(3)9(12)8-6-10-4-5-13-8;/h7-8,10H,4-6H2,1-3H3;1H/t8-;/m0./s1. The molecule has 0 aliphatic carbocycles. The molecule has 1 atom stereocenters. The molecule has 1 heterocycles. The van der Waals surface area contributed by atoms with Crippen LogP contribution in [0.25, 0.3) is 0 Å². The lowest BCUT2D eigenvalue weighted by Crippen LogP contribution is -2.49. The maximum absolute atomic E-state index is 11.7. The summed E-state index contributed by atoms with van der Waals surface area (Å²) in [4.78, 5) is 13.4. The van der Waals surface area contributed by atoms with E-state index in [-0.39, 0.29) is 30.5 Å². The third-order valence-electron chi connectivity index (χ3n) is 2.33. The van der Waals surface area contributed by atoms with Crippen molar-refractivity contribution < 1.29 is 9.53 Å². The van der Waals surface area contributed by atoms with Gasteiger partial charge in [0, 0.05) is 26.2 Å². The maximum atomic E-state index is 11.7. The number of morpholine rings is 1. The summed E-state index contributed by atoms with van der Waals surface area (Å²) in [6.45, 7) is 6.09. The molecule has 1 amide bonds. The number of ether oxygens (including phenoxy) is 1. The fraction of sp³-hybridized carbons (Fsp3) is 0.889. The summed E-state index contributed by atoms with van der Waals surface area (Å²) < 4.78 is 5.36. The topological polar surface area (TPSA) is 41.6 Å². The van der Waals surface area contributed by atoms with Gasteiger partial charge in [0.1, 0.15) is 6.10 Å². The van der Waals surface area contributed by atoms with Crippen molar-refractivity contribution >= 4 is 18.3 Å². The Morgan fingerprint density at radius 3 is 2.64 bits per heavy atom. The Morgan fingerprint density at radius 1 is 1.57 bits per heavy atom. The minimum Gasteiger partial charge on any atom is -0.366 e. The summed E-state index contributed by atoms with van der Waals surface area (Å²) >= 11 is 0. The van der Waals surface area contributed by atoms with Gasteiger partial charge in [0.25, 0.3) is 5.91 Å². The Labute approximate surface area is 91.4 Å². The van der Waals surface area contributed by atoms with Crippen molar-refractivity contribution in [2.24, 2.45) is 0 Å². The number of hydrogen-bond donors (Lipinski definition) is 1. The number of carbonyl (C=O) groups is 1. The lowest BCUT2D eigenvalue weighted by Gasteiger charge is -2.29. The highest BCUT2D eigenvalue weighted by Gasteiger charge is 2.25. The lowest BCUT2D eigenvalue weighted by molar-refractivity contribution is -0.145. The van der Waals surface area contributed by atoms with E-state index in [1.54, 1.807) is 4.90 Å². The molecule has 84 valence electrons. The molecule has 1 aliphatic heterocycles. The first-order valence-corrected chi connectivity index (χ1v) is 4.72. The van der Waals surface area contributed by atoms with E-state index in [4.69, 9.17) is 4.74 Å². The van der Waals surface area contributed by atoms with E-state index in [0.29, 0.717) is 13.2 Å². The van der Waals surface area contributed by atoms with Gasteiger partial charge in [0.2, 0.25) is 0 Å². The molecule has 0 aromatic heterocycles. The molecule has 0 aromatic carbocycles. The number of halogens is 1. The van der Waals surface area contributed by atoms with Crippen molar-refractivity contribution in [3.63, 3.8) is 0 Å². The molecule has 0 aromatic rings. The SMILES string of the molecule is CC(C)N(C)C(=O)[C@@H]1CNCCO1.Cl. The van der Waals surface area contributed by atoms with Crippen LogP contribution in [0.1, 0.15) is 13.8 Å². The smallest absolute Gasteiger partial charge is 0.253 e. The highest BCUT2D eigenvalue weighted by atomic mass is 35.5. The van der Waals surface area contributed by atoms with E-state index in [0.717, 1.165) is 6.54 Å². The zero-order valence-corrected chi connectivity index (χ0v) is 9.76. The molecule has 1 rings (SSSR count). The van der Waals surface area contributed by atoms with Crippen LogP contribution < -0.4 is 5.32 Å². The Hall–Kier alpha value is -0.320. The third kappa shape index (κ3) is 3.44. The predicted molar refractivity (Wildman–Crippen MR) is 57.8 cm³/mol. The predicted octanol–water partition coefficient (Wildman–Crippen LogP) is 0.263. The van der Waals surface area contributed by atoms with E-state index in [9.17, 15) is 4.79 Å². The van der Waals surface area contributed by atoms with E-state index in [1.165, 1.54) is 0 Å². The zero-order chi connectivity index (χ0) is 9.84. The molecule has 4 nitrogen and oxygen atoms in total. The van der Waals surface area contributed by atoms with Gasteiger partial charge in [0.15, 0.2) is 0 Å². The summed E-state index contributed by atoms with van der Waals surface area (Å²) in [7, 11) is 1.81. The number of likely N-dealkylation sites (N-methyl/N-ethyl adjacent to an activating group) is 1. The van der Waals surface area contributed by atoms with Crippen LogP contribution in [0.15, 0.2) is 0 Å². The average molecular weight is 223 g/mol. The second-order valence-electron chi connectivity index (χ2n) is 3.61. The highest BCUT2D eigenvalue weighted by Crippen LogP contribution is 2.03. The summed E-state index contributed by atoms with van der Waals surface area (Å²) in [6.07, 6.45) is -0.291. The van der Waals surface area contributed by atoms with Crippen LogP contribution in [0.4, 0.5) is 0 Å². The van der Waals surface area contributed by atoms with Gasteiger partial charge in [0.05, 0.1) is 6.61 Å². The number of hydrogen-bond acceptors (Lipinski definition) is 3. The van der Waals surface area contributed by atoms with Gasteiger partial charge in [-0.3, -0.25) is 4.79 Å². The number of nitrogens with zero attached hydrogens (tertiary/aromatic N) is 1. The monoisotopic (exact) mass is 222 g/mol. The van der Waals surface area contributed by atoms with Gasteiger partial charge in [-0.25, -0.2) is 0 Å². The van der Waals surface area contributed by atoms with E-state index < -0.39 is 0 Å². The third-order valence-corrected chi connectivity index (χ3v) is 2.33. The van der Waals surface area contributed by atoms with E-state index >= 15 is 0 Å². The molecule has 5 heteroatoms. The summed E-state index contributed by atoms with van der Waals surface area (Å²) in [5.74, 6) is 0.0715. The van der Waals surface area contributed by atoms with Crippen LogP contribution in [0.3, 0.4) is 0 Å². The highest BCUT2D eigenvalue weighted by molar-refractivity contribution is 5.85. The fourth-order valence-electron chi connectivity index (χ4n) is 1.21. The van der Waals surface area contributed by atoms with Crippen molar-refractivity contribution in [2.45, 2.75) is 26.0 Å². The van der Waals surface area contributed by atoms with Gasteiger partial charge in [-0.1, -0.05) is 0 Å². The van der Waals surface area contributed by atoms with Gasteiger partial charge < -0.3 is 15.0 Å². The first-order valence-electron chi connectivity index (χ1n) is 4.72. The maximum Gasteiger partial charge on any atom is 0.253 e. The molecule has 0 spiro atoms. The van der Waals surface area contributed by atoms with Gasteiger partial charge in [-0.2, -0.15) is 0 Å². The van der Waals surface area contributed by atoms with Crippen LogP contribution in [0, 0.1) is 0 Å². The van der Waals surface area contributed by atoms with Crippen LogP contribution in [-0.2, 0) is 9.53 Å². The Morgan fingerprint density at radius 2 is 2.21 bits per heavy atom. The quantitative estimate of drug-likeness (QED) is 0.729. The molecule has 0 saturated carbocycles. The van der Waals surface area contributed by atoms with E-state index in [1.807, 2.05) is 20.9 Å². The number of rotatable bonds is 2. The Bertz CT molecular complexity index is 182. The Balaban J connectivity index is 0.00000169. The van der Waals surface area contributed by atoms with Gasteiger partial charge >= 0.3 is 0 Å². The second-order valence-corrected chi connectivity index (χ2v) is 3.61. The number of nitrogens with one attached hydrogen (secondary N) is 1. The molecular weight excluding hydrogens is 204 g/mol. The molecule has 0 bridgehead atoms. The Kier molecular flexibility index (Phi) is 6.08. The number of amides is 1. The summed E-state index contributed by atoms with van der Waals surface area (Å²) in [6, 6.07) is 0.234. The second kappa shape index (κ2) is 6.22. The fourth-order valence-corrected chi connectivity index (χ4v) is 1.21.